The molecule has 2 heteroatoms. The molecule has 1 aromatic heterocycles. The zero-order valence-electron chi connectivity index (χ0n) is 10.7. The van der Waals surface area contributed by atoms with Gasteiger partial charge in [0, 0.05) is 30.4 Å². The van der Waals surface area contributed by atoms with Gasteiger partial charge in [-0.05, 0) is 37.0 Å². The molecule has 4 rings (SSSR count). The highest BCUT2D eigenvalue weighted by atomic mass is 15.1. The van der Waals surface area contributed by atoms with Crippen molar-refractivity contribution < 1.29 is 0 Å². The standard InChI is InChI=1S/C16H18N2/c1-11-15-10-13-7-6-12-4-2-3-5-14(12)16(13)18(15)9-8-17-11/h2-5,10-11,17H,6-9H2,1H3. The summed E-state index contributed by atoms with van der Waals surface area (Å²) in [6.07, 6.45) is 2.38. The summed E-state index contributed by atoms with van der Waals surface area (Å²) < 4.78 is 2.54. The molecule has 0 radical (unpaired) electrons. The predicted molar refractivity (Wildman–Crippen MR) is 73.7 cm³/mol. The van der Waals surface area contributed by atoms with Gasteiger partial charge in [0.2, 0.25) is 0 Å². The van der Waals surface area contributed by atoms with Gasteiger partial charge in [0.25, 0.3) is 0 Å². The molecule has 2 heterocycles. The number of aryl methyl sites for hydroxylation is 2. The van der Waals surface area contributed by atoms with E-state index < -0.39 is 0 Å². The lowest BCUT2D eigenvalue weighted by Crippen LogP contribution is -2.31. The lowest BCUT2D eigenvalue weighted by Gasteiger charge is -2.26. The number of nitrogens with zero attached hydrogens (tertiary/aromatic N) is 1. The topological polar surface area (TPSA) is 17.0 Å². The molecule has 2 aliphatic rings. The van der Waals surface area contributed by atoms with Gasteiger partial charge >= 0.3 is 0 Å². The van der Waals surface area contributed by atoms with Crippen molar-refractivity contribution in [1.82, 2.24) is 9.88 Å². The van der Waals surface area contributed by atoms with Crippen molar-refractivity contribution in [3.8, 4) is 11.3 Å². The summed E-state index contributed by atoms with van der Waals surface area (Å²) in [7, 11) is 0. The Morgan fingerprint density at radius 3 is 2.94 bits per heavy atom. The van der Waals surface area contributed by atoms with Crippen LogP contribution in [0.4, 0.5) is 0 Å². The van der Waals surface area contributed by atoms with E-state index in [1.165, 1.54) is 35.4 Å². The molecule has 1 aromatic carbocycles. The number of benzene rings is 1. The fraction of sp³-hybridized carbons (Fsp3) is 0.375. The number of nitrogens with one attached hydrogen (secondary N) is 1. The third-order valence-electron chi connectivity index (χ3n) is 4.37. The molecule has 1 unspecified atom stereocenters. The maximum atomic E-state index is 3.55. The van der Waals surface area contributed by atoms with E-state index in [1.807, 2.05) is 0 Å². The molecule has 0 bridgehead atoms. The van der Waals surface area contributed by atoms with Gasteiger partial charge in [-0.15, -0.1) is 0 Å². The first kappa shape index (κ1) is 10.4. The van der Waals surface area contributed by atoms with Crippen LogP contribution in [-0.2, 0) is 19.4 Å². The zero-order valence-corrected chi connectivity index (χ0v) is 10.7. The van der Waals surface area contributed by atoms with Crippen LogP contribution < -0.4 is 5.32 Å². The highest BCUT2D eigenvalue weighted by Crippen LogP contribution is 2.37. The van der Waals surface area contributed by atoms with Gasteiger partial charge in [0.15, 0.2) is 0 Å². The summed E-state index contributed by atoms with van der Waals surface area (Å²) in [5, 5.41) is 3.55. The maximum Gasteiger partial charge on any atom is 0.0518 e. The summed E-state index contributed by atoms with van der Waals surface area (Å²) in [6, 6.07) is 11.8. The second-order valence-electron chi connectivity index (χ2n) is 5.43. The Morgan fingerprint density at radius 2 is 2.00 bits per heavy atom. The lowest BCUT2D eigenvalue weighted by molar-refractivity contribution is 0.451. The fourth-order valence-electron chi connectivity index (χ4n) is 3.47. The van der Waals surface area contributed by atoms with Crippen molar-refractivity contribution in [2.24, 2.45) is 0 Å². The molecule has 2 nitrogen and oxygen atoms in total. The molecule has 2 aromatic rings. The number of rotatable bonds is 0. The quantitative estimate of drug-likeness (QED) is 0.746. The van der Waals surface area contributed by atoms with E-state index in [2.05, 4.69) is 47.1 Å². The average molecular weight is 238 g/mol. The Hall–Kier alpha value is -1.54. The van der Waals surface area contributed by atoms with Crippen LogP contribution >= 0.6 is 0 Å². The number of aromatic nitrogens is 1. The van der Waals surface area contributed by atoms with E-state index in [0.29, 0.717) is 6.04 Å². The van der Waals surface area contributed by atoms with Gasteiger partial charge in [-0.25, -0.2) is 0 Å². The average Bonchev–Trinajstić information content (AvgIpc) is 2.79. The van der Waals surface area contributed by atoms with Crippen LogP contribution in [0.1, 0.15) is 29.8 Å². The zero-order chi connectivity index (χ0) is 12.1. The largest absolute Gasteiger partial charge is 0.342 e. The van der Waals surface area contributed by atoms with Crippen molar-refractivity contribution in [1.29, 1.82) is 0 Å². The van der Waals surface area contributed by atoms with E-state index in [9.17, 15) is 0 Å². The summed E-state index contributed by atoms with van der Waals surface area (Å²) >= 11 is 0. The summed E-state index contributed by atoms with van der Waals surface area (Å²) in [6.45, 7) is 4.45. The molecule has 1 atom stereocenters. The molecule has 0 saturated heterocycles. The van der Waals surface area contributed by atoms with Crippen molar-refractivity contribution in [3.63, 3.8) is 0 Å². The minimum Gasteiger partial charge on any atom is -0.342 e. The fourth-order valence-corrected chi connectivity index (χ4v) is 3.47. The van der Waals surface area contributed by atoms with Crippen LogP contribution in [0.25, 0.3) is 11.3 Å². The molecule has 1 aliphatic carbocycles. The lowest BCUT2D eigenvalue weighted by atomic mass is 9.90. The third kappa shape index (κ3) is 1.33. The molecule has 0 saturated carbocycles. The molecule has 0 spiro atoms. The smallest absolute Gasteiger partial charge is 0.0518 e. The van der Waals surface area contributed by atoms with Crippen molar-refractivity contribution in [3.05, 3.63) is 47.2 Å². The minimum absolute atomic E-state index is 0.483. The van der Waals surface area contributed by atoms with Gasteiger partial charge in [-0.1, -0.05) is 24.3 Å². The Labute approximate surface area is 108 Å². The van der Waals surface area contributed by atoms with Gasteiger partial charge in [-0.2, -0.15) is 0 Å². The van der Waals surface area contributed by atoms with Crippen LogP contribution in [0.3, 0.4) is 0 Å². The van der Waals surface area contributed by atoms with Crippen LogP contribution in [0.15, 0.2) is 30.3 Å². The van der Waals surface area contributed by atoms with E-state index in [1.54, 1.807) is 5.56 Å². The second kappa shape index (κ2) is 3.72. The van der Waals surface area contributed by atoms with E-state index in [0.717, 1.165) is 13.1 Å². The third-order valence-corrected chi connectivity index (χ3v) is 4.37. The Balaban J connectivity index is 1.98. The maximum absolute atomic E-state index is 3.55. The van der Waals surface area contributed by atoms with Crippen LogP contribution in [0.5, 0.6) is 0 Å². The van der Waals surface area contributed by atoms with Crippen LogP contribution in [-0.4, -0.2) is 11.1 Å². The first-order valence-corrected chi connectivity index (χ1v) is 6.88. The molecule has 1 N–H and O–H groups in total. The molecule has 18 heavy (non-hydrogen) atoms. The first-order chi connectivity index (χ1) is 8.84. The Bertz CT molecular complexity index is 610. The normalized spacial score (nSPS) is 21.1. The number of hydrogen-bond acceptors (Lipinski definition) is 1. The molecular weight excluding hydrogens is 220 g/mol. The number of fused-ring (bicyclic) bond motifs is 5. The van der Waals surface area contributed by atoms with Gasteiger partial charge in [-0.3, -0.25) is 0 Å². The van der Waals surface area contributed by atoms with Crippen molar-refractivity contribution in [2.45, 2.75) is 32.4 Å². The first-order valence-electron chi connectivity index (χ1n) is 6.88. The molecule has 92 valence electrons. The van der Waals surface area contributed by atoms with Gasteiger partial charge < -0.3 is 9.88 Å². The SMILES string of the molecule is CC1NCCn2c1cc1c2-c2ccccc2CC1. The van der Waals surface area contributed by atoms with E-state index in [4.69, 9.17) is 0 Å². The van der Waals surface area contributed by atoms with E-state index >= 15 is 0 Å². The molecule has 0 amide bonds. The second-order valence-corrected chi connectivity index (χ2v) is 5.43. The van der Waals surface area contributed by atoms with Crippen LogP contribution in [0.2, 0.25) is 0 Å². The summed E-state index contributed by atoms with van der Waals surface area (Å²) in [5.74, 6) is 0. The van der Waals surface area contributed by atoms with Crippen molar-refractivity contribution >= 4 is 0 Å². The molecule has 1 aliphatic heterocycles. The van der Waals surface area contributed by atoms with E-state index in [-0.39, 0.29) is 0 Å². The Morgan fingerprint density at radius 1 is 1.17 bits per heavy atom. The van der Waals surface area contributed by atoms with Crippen LogP contribution in [0, 0.1) is 0 Å². The summed E-state index contributed by atoms with van der Waals surface area (Å²) in [4.78, 5) is 0. The predicted octanol–water partition coefficient (Wildman–Crippen LogP) is 2.92. The minimum atomic E-state index is 0.483. The van der Waals surface area contributed by atoms with Gasteiger partial charge in [0.05, 0.1) is 5.69 Å². The monoisotopic (exact) mass is 238 g/mol. The van der Waals surface area contributed by atoms with Crippen molar-refractivity contribution in [2.75, 3.05) is 6.54 Å². The summed E-state index contributed by atoms with van der Waals surface area (Å²) in [5.41, 5.74) is 7.46. The van der Waals surface area contributed by atoms with Gasteiger partial charge in [0.1, 0.15) is 0 Å². The molecule has 0 fully saturated rings. The molecular formula is C16H18N2. The Kier molecular flexibility index (Phi) is 2.15. The highest BCUT2D eigenvalue weighted by molar-refractivity contribution is 5.71. The highest BCUT2D eigenvalue weighted by Gasteiger charge is 2.26. The number of hydrogen-bond donors (Lipinski definition) is 1.